The zero-order chi connectivity index (χ0) is 24.2. The van der Waals surface area contributed by atoms with Gasteiger partial charge in [0.15, 0.2) is 5.78 Å². The van der Waals surface area contributed by atoms with E-state index in [1.165, 1.54) is 32.1 Å². The summed E-state index contributed by atoms with van der Waals surface area (Å²) < 4.78 is 36.5. The highest BCUT2D eigenvalue weighted by Gasteiger charge is 2.61. The highest BCUT2D eigenvalue weighted by Crippen LogP contribution is 2.66. The van der Waals surface area contributed by atoms with Crippen LogP contribution in [-0.2, 0) is 19.4 Å². The fraction of sp³-hybridized carbons (Fsp3) is 0.889. The van der Waals surface area contributed by atoms with E-state index in [2.05, 4.69) is 34.6 Å². The first-order valence-electron chi connectivity index (χ1n) is 13.3. The molecule has 4 aliphatic rings. The van der Waals surface area contributed by atoms with Crippen LogP contribution in [0.3, 0.4) is 0 Å². The van der Waals surface area contributed by atoms with E-state index in [1.54, 1.807) is 0 Å². The van der Waals surface area contributed by atoms with Crippen molar-refractivity contribution in [3.63, 3.8) is 0 Å². The van der Waals surface area contributed by atoms with Crippen molar-refractivity contribution in [3.05, 3.63) is 11.6 Å². The Morgan fingerprint density at radius 2 is 1.79 bits per heavy atom. The van der Waals surface area contributed by atoms with Gasteiger partial charge >= 0.3 is 10.4 Å². The van der Waals surface area contributed by atoms with E-state index < -0.39 is 16.5 Å². The van der Waals surface area contributed by atoms with Crippen molar-refractivity contribution in [2.24, 2.45) is 46.3 Å². The molecule has 33 heavy (non-hydrogen) atoms. The Kier molecular flexibility index (Phi) is 6.96. The molecule has 188 valence electrons. The third-order valence-electron chi connectivity index (χ3n) is 10.4. The van der Waals surface area contributed by atoms with Crippen LogP contribution in [0.1, 0.15) is 98.8 Å². The maximum atomic E-state index is 13.5. The van der Waals surface area contributed by atoms with Crippen LogP contribution >= 0.6 is 0 Å². The molecule has 0 aliphatic heterocycles. The number of rotatable bonds is 7. The minimum Gasteiger partial charge on any atom is -0.295 e. The number of carbonyl (C=O) groups is 1. The molecule has 0 aromatic rings. The molecule has 6 heteroatoms. The van der Waals surface area contributed by atoms with Gasteiger partial charge in [-0.1, -0.05) is 59.5 Å². The Bertz CT molecular complexity index is 892. The lowest BCUT2D eigenvalue weighted by atomic mass is 9.46. The molecule has 0 heterocycles. The molecule has 0 saturated heterocycles. The van der Waals surface area contributed by atoms with Crippen molar-refractivity contribution in [2.45, 2.75) is 105 Å². The predicted octanol–water partition coefficient (Wildman–Crippen LogP) is 6.39. The molecular formula is C27H44O5S. The maximum absolute atomic E-state index is 13.5. The van der Waals surface area contributed by atoms with Gasteiger partial charge in [0.05, 0.1) is 6.10 Å². The van der Waals surface area contributed by atoms with E-state index in [0.717, 1.165) is 30.8 Å². The maximum Gasteiger partial charge on any atom is 0.397 e. The fourth-order valence-electron chi connectivity index (χ4n) is 8.65. The summed E-state index contributed by atoms with van der Waals surface area (Å²) in [6.07, 6.45) is 11.7. The van der Waals surface area contributed by atoms with Crippen LogP contribution in [0.2, 0.25) is 0 Å². The van der Waals surface area contributed by atoms with E-state index in [4.69, 9.17) is 8.74 Å². The summed E-state index contributed by atoms with van der Waals surface area (Å²) in [5.74, 6) is 3.34. The fourth-order valence-corrected chi connectivity index (χ4v) is 9.16. The second-order valence-electron chi connectivity index (χ2n) is 12.6. The third-order valence-corrected chi connectivity index (χ3v) is 10.9. The van der Waals surface area contributed by atoms with Crippen molar-refractivity contribution in [3.8, 4) is 0 Å². The molecule has 0 radical (unpaired) electrons. The Hall–Kier alpha value is -0.720. The predicted molar refractivity (Wildman–Crippen MR) is 130 cm³/mol. The zero-order valence-corrected chi connectivity index (χ0v) is 22.0. The lowest BCUT2D eigenvalue weighted by molar-refractivity contribution is -0.135. The summed E-state index contributed by atoms with van der Waals surface area (Å²) >= 11 is 0. The Morgan fingerprint density at radius 1 is 1.06 bits per heavy atom. The molecule has 5 nitrogen and oxygen atoms in total. The molecule has 3 fully saturated rings. The van der Waals surface area contributed by atoms with Gasteiger partial charge in [-0.05, 0) is 91.4 Å². The van der Waals surface area contributed by atoms with Gasteiger partial charge in [0, 0.05) is 5.92 Å². The van der Waals surface area contributed by atoms with Gasteiger partial charge in [-0.25, -0.2) is 4.18 Å². The van der Waals surface area contributed by atoms with Gasteiger partial charge in [-0.3, -0.25) is 9.35 Å². The van der Waals surface area contributed by atoms with Crippen LogP contribution in [0.15, 0.2) is 11.6 Å². The molecule has 0 unspecified atom stereocenters. The van der Waals surface area contributed by atoms with E-state index in [1.807, 2.05) is 6.08 Å². The SMILES string of the molecule is CC(C)CCC[C@@H](C)[C@H]1CC[C@H]2[C@@H]3C(=O)C=C4C[C@H](OS(=O)(=O)O)CC[C@]4(C)[C@H]3CC[C@]12C. The molecular weight excluding hydrogens is 436 g/mol. The molecule has 3 saturated carbocycles. The van der Waals surface area contributed by atoms with Crippen LogP contribution in [0.4, 0.5) is 0 Å². The summed E-state index contributed by atoms with van der Waals surface area (Å²) in [5.41, 5.74) is 1.22. The van der Waals surface area contributed by atoms with Gasteiger partial charge in [-0.2, -0.15) is 8.42 Å². The molecule has 0 aromatic carbocycles. The number of hydrogen-bond donors (Lipinski definition) is 1. The first-order valence-corrected chi connectivity index (χ1v) is 14.6. The normalized spacial score (nSPS) is 41.8. The highest BCUT2D eigenvalue weighted by atomic mass is 32.3. The van der Waals surface area contributed by atoms with Gasteiger partial charge in [0.1, 0.15) is 0 Å². The van der Waals surface area contributed by atoms with Crippen LogP contribution < -0.4 is 0 Å². The molecule has 0 aromatic heterocycles. The molecule has 4 rings (SSSR count). The van der Waals surface area contributed by atoms with Gasteiger partial charge < -0.3 is 0 Å². The average Bonchev–Trinajstić information content (AvgIpc) is 3.05. The summed E-state index contributed by atoms with van der Waals surface area (Å²) in [4.78, 5) is 13.5. The van der Waals surface area contributed by atoms with Gasteiger partial charge in [0.2, 0.25) is 0 Å². The molecule has 0 amide bonds. The first kappa shape index (κ1) is 25.4. The van der Waals surface area contributed by atoms with Crippen LogP contribution in [0.25, 0.3) is 0 Å². The first-order chi connectivity index (χ1) is 15.3. The number of ketones is 1. The van der Waals surface area contributed by atoms with Crippen LogP contribution in [0, 0.1) is 46.3 Å². The van der Waals surface area contributed by atoms with Crippen LogP contribution in [-0.4, -0.2) is 24.9 Å². The molecule has 0 spiro atoms. The second-order valence-corrected chi connectivity index (χ2v) is 13.7. The monoisotopic (exact) mass is 480 g/mol. The quantitative estimate of drug-likeness (QED) is 0.427. The lowest BCUT2D eigenvalue weighted by Crippen LogP contribution is -2.53. The number of fused-ring (bicyclic) bond motifs is 5. The standard InChI is InChI=1S/C27H44O5S/c1-17(2)7-6-8-18(3)21-9-10-22-25-23(12-14-27(21,22)5)26(4)13-11-20(32-33(29,30)31)15-19(26)16-24(25)28/h16-18,20-23,25H,6-15H2,1-5H3,(H,29,30,31)/t18-,20-,21-,22+,23+,25+,26+,27-/m1/s1. The van der Waals surface area contributed by atoms with E-state index in [-0.39, 0.29) is 22.5 Å². The summed E-state index contributed by atoms with van der Waals surface area (Å²) in [7, 11) is -4.48. The summed E-state index contributed by atoms with van der Waals surface area (Å²) in [6.45, 7) is 11.8. The summed E-state index contributed by atoms with van der Waals surface area (Å²) in [5, 5.41) is 0. The zero-order valence-electron chi connectivity index (χ0n) is 21.2. The van der Waals surface area contributed by atoms with Crippen molar-refractivity contribution in [2.75, 3.05) is 0 Å². The topological polar surface area (TPSA) is 80.7 Å². The Morgan fingerprint density at radius 3 is 2.45 bits per heavy atom. The largest absolute Gasteiger partial charge is 0.397 e. The molecule has 4 aliphatic carbocycles. The Labute approximate surface area is 201 Å². The summed E-state index contributed by atoms with van der Waals surface area (Å²) in [6, 6.07) is 0. The highest BCUT2D eigenvalue weighted by molar-refractivity contribution is 7.80. The average molecular weight is 481 g/mol. The smallest absolute Gasteiger partial charge is 0.295 e. The third kappa shape index (κ3) is 4.73. The number of carbonyl (C=O) groups excluding carboxylic acids is 1. The molecule has 1 N–H and O–H groups in total. The van der Waals surface area contributed by atoms with Crippen molar-refractivity contribution in [1.29, 1.82) is 0 Å². The lowest BCUT2D eigenvalue weighted by Gasteiger charge is -2.57. The molecule has 8 atom stereocenters. The van der Waals surface area contributed by atoms with Crippen molar-refractivity contribution in [1.82, 2.24) is 0 Å². The van der Waals surface area contributed by atoms with E-state index in [0.29, 0.717) is 36.5 Å². The number of allylic oxidation sites excluding steroid dienone is 1. The van der Waals surface area contributed by atoms with Crippen LogP contribution in [0.5, 0.6) is 0 Å². The minimum atomic E-state index is -4.48. The van der Waals surface area contributed by atoms with Gasteiger partial charge in [0.25, 0.3) is 0 Å². The Balaban J connectivity index is 1.52. The van der Waals surface area contributed by atoms with Crippen molar-refractivity contribution < 1.29 is 21.9 Å². The van der Waals surface area contributed by atoms with Gasteiger partial charge in [-0.15, -0.1) is 0 Å². The second kappa shape index (κ2) is 9.05. The van der Waals surface area contributed by atoms with E-state index in [9.17, 15) is 13.2 Å². The molecule has 0 bridgehead atoms. The van der Waals surface area contributed by atoms with Crippen molar-refractivity contribution >= 4 is 16.2 Å². The van der Waals surface area contributed by atoms with E-state index >= 15 is 0 Å². The minimum absolute atomic E-state index is 0.0695. The number of hydrogen-bond acceptors (Lipinski definition) is 4.